The van der Waals surface area contributed by atoms with Gasteiger partial charge in [0.2, 0.25) is 0 Å². The zero-order valence-corrected chi connectivity index (χ0v) is 16.4. The average molecular weight is 403 g/mol. The zero-order chi connectivity index (χ0) is 21.3. The van der Waals surface area contributed by atoms with Crippen LogP contribution in [0.15, 0.2) is 84.0 Å². The van der Waals surface area contributed by atoms with Gasteiger partial charge in [-0.3, -0.25) is 14.9 Å². The van der Waals surface area contributed by atoms with Gasteiger partial charge in [-0.15, -0.1) is 0 Å². The molecule has 0 fully saturated rings. The third-order valence-electron chi connectivity index (χ3n) is 4.39. The maximum absolute atomic E-state index is 12.0. The van der Waals surface area contributed by atoms with Crippen LogP contribution in [0, 0.1) is 10.1 Å². The van der Waals surface area contributed by atoms with E-state index in [0.29, 0.717) is 12.2 Å². The number of hydrazone groups is 1. The molecule has 0 radical (unpaired) electrons. The number of nitrogens with one attached hydrogen (secondary N) is 1. The van der Waals surface area contributed by atoms with Gasteiger partial charge in [0.1, 0.15) is 5.75 Å². The van der Waals surface area contributed by atoms with Crippen molar-refractivity contribution in [2.75, 3.05) is 6.61 Å². The summed E-state index contributed by atoms with van der Waals surface area (Å²) < 4.78 is 5.33. The standard InChI is InChI=1S/C23H21N3O4/c1-2-22(19-10-8-18(9-11-19)17-6-4-3-5-7-17)24-25-23(27)16-30-21-14-12-20(13-15-21)26(28)29/h3-15H,2,16H2,1H3,(H,25,27). The lowest BCUT2D eigenvalue weighted by atomic mass is 10.0. The largest absolute Gasteiger partial charge is 0.484 e. The maximum Gasteiger partial charge on any atom is 0.277 e. The molecule has 0 aliphatic heterocycles. The van der Waals surface area contributed by atoms with Crippen molar-refractivity contribution in [2.45, 2.75) is 13.3 Å². The van der Waals surface area contributed by atoms with Crippen LogP contribution in [0.4, 0.5) is 5.69 Å². The minimum absolute atomic E-state index is 0.0396. The molecule has 0 heterocycles. The first-order chi connectivity index (χ1) is 14.6. The van der Waals surface area contributed by atoms with E-state index >= 15 is 0 Å². The summed E-state index contributed by atoms with van der Waals surface area (Å²) in [6.07, 6.45) is 0.647. The number of ether oxygens (including phenoxy) is 1. The molecule has 0 aliphatic carbocycles. The van der Waals surface area contributed by atoms with Crippen molar-refractivity contribution in [2.24, 2.45) is 5.10 Å². The first-order valence-corrected chi connectivity index (χ1v) is 9.45. The van der Waals surface area contributed by atoms with Gasteiger partial charge in [0, 0.05) is 12.1 Å². The van der Waals surface area contributed by atoms with E-state index < -0.39 is 10.8 Å². The predicted octanol–water partition coefficient (Wildman–Crippen LogP) is 4.57. The number of benzene rings is 3. The summed E-state index contributed by atoms with van der Waals surface area (Å²) in [4.78, 5) is 22.2. The van der Waals surface area contributed by atoms with Crippen molar-refractivity contribution in [3.8, 4) is 16.9 Å². The predicted molar refractivity (Wildman–Crippen MR) is 115 cm³/mol. The summed E-state index contributed by atoms with van der Waals surface area (Å²) in [7, 11) is 0. The van der Waals surface area contributed by atoms with E-state index in [-0.39, 0.29) is 12.3 Å². The van der Waals surface area contributed by atoms with E-state index in [1.807, 2.05) is 49.4 Å². The van der Waals surface area contributed by atoms with Gasteiger partial charge >= 0.3 is 0 Å². The van der Waals surface area contributed by atoms with Crippen molar-refractivity contribution in [1.29, 1.82) is 0 Å². The van der Waals surface area contributed by atoms with Crippen LogP contribution in [0.2, 0.25) is 0 Å². The van der Waals surface area contributed by atoms with Gasteiger partial charge in [-0.2, -0.15) is 5.10 Å². The van der Waals surface area contributed by atoms with Crippen LogP contribution in [0.3, 0.4) is 0 Å². The lowest BCUT2D eigenvalue weighted by Gasteiger charge is -2.08. The Morgan fingerprint density at radius 2 is 1.60 bits per heavy atom. The Balaban J connectivity index is 1.58. The maximum atomic E-state index is 12.0. The first-order valence-electron chi connectivity index (χ1n) is 9.45. The molecule has 0 aliphatic rings. The van der Waals surface area contributed by atoms with Gasteiger partial charge in [0.15, 0.2) is 6.61 Å². The normalized spacial score (nSPS) is 11.0. The highest BCUT2D eigenvalue weighted by atomic mass is 16.6. The number of nitrogens with zero attached hydrogens (tertiary/aromatic N) is 2. The molecular weight excluding hydrogens is 382 g/mol. The molecule has 1 N–H and O–H groups in total. The van der Waals surface area contributed by atoms with Crippen molar-refractivity contribution < 1.29 is 14.5 Å². The molecule has 30 heavy (non-hydrogen) atoms. The highest BCUT2D eigenvalue weighted by molar-refractivity contribution is 6.01. The second-order valence-corrected chi connectivity index (χ2v) is 6.43. The van der Waals surface area contributed by atoms with Crippen molar-refractivity contribution in [3.63, 3.8) is 0 Å². The molecule has 0 aromatic heterocycles. The van der Waals surface area contributed by atoms with Crippen molar-refractivity contribution in [3.05, 3.63) is 94.5 Å². The summed E-state index contributed by atoms with van der Waals surface area (Å²) in [5.41, 5.74) is 6.37. The fourth-order valence-corrected chi connectivity index (χ4v) is 2.81. The van der Waals surface area contributed by atoms with Gasteiger partial charge < -0.3 is 4.74 Å². The van der Waals surface area contributed by atoms with Gasteiger partial charge in [-0.25, -0.2) is 5.43 Å². The lowest BCUT2D eigenvalue weighted by molar-refractivity contribution is -0.384. The molecular formula is C23H21N3O4. The molecule has 0 bridgehead atoms. The quantitative estimate of drug-likeness (QED) is 0.339. The number of hydrogen-bond acceptors (Lipinski definition) is 5. The highest BCUT2D eigenvalue weighted by Crippen LogP contribution is 2.20. The van der Waals surface area contributed by atoms with Crippen LogP contribution in [-0.2, 0) is 4.79 Å². The summed E-state index contributed by atoms with van der Waals surface area (Å²) in [6, 6.07) is 23.6. The van der Waals surface area contributed by atoms with Crippen LogP contribution in [0.1, 0.15) is 18.9 Å². The number of non-ortho nitro benzene ring substituents is 1. The number of rotatable bonds is 8. The smallest absolute Gasteiger partial charge is 0.277 e. The molecule has 0 unspecified atom stereocenters. The fourth-order valence-electron chi connectivity index (χ4n) is 2.81. The van der Waals surface area contributed by atoms with Crippen LogP contribution < -0.4 is 10.2 Å². The summed E-state index contributed by atoms with van der Waals surface area (Å²) in [6.45, 7) is 1.72. The lowest BCUT2D eigenvalue weighted by Crippen LogP contribution is -2.26. The van der Waals surface area contributed by atoms with Gasteiger partial charge in [-0.1, -0.05) is 61.5 Å². The second-order valence-electron chi connectivity index (χ2n) is 6.43. The molecule has 3 aromatic carbocycles. The monoisotopic (exact) mass is 403 g/mol. The van der Waals surface area contributed by atoms with Crippen LogP contribution >= 0.6 is 0 Å². The van der Waals surface area contributed by atoms with Crippen LogP contribution in [-0.4, -0.2) is 23.1 Å². The minimum Gasteiger partial charge on any atom is -0.484 e. The van der Waals surface area contributed by atoms with E-state index in [1.54, 1.807) is 0 Å². The molecule has 0 saturated carbocycles. The number of nitro groups is 1. The average Bonchev–Trinajstić information content (AvgIpc) is 2.79. The second kappa shape index (κ2) is 9.97. The van der Waals surface area contributed by atoms with E-state index in [9.17, 15) is 14.9 Å². The molecule has 0 atom stereocenters. The van der Waals surface area contributed by atoms with Gasteiger partial charge in [0.25, 0.3) is 11.6 Å². The Labute approximate surface area is 174 Å². The first kappa shape index (κ1) is 20.7. The Hall–Kier alpha value is -4.00. The van der Waals surface area contributed by atoms with E-state index in [1.165, 1.54) is 24.3 Å². The molecule has 3 aromatic rings. The van der Waals surface area contributed by atoms with Crippen LogP contribution in [0.25, 0.3) is 11.1 Å². The Morgan fingerprint density at radius 1 is 0.967 bits per heavy atom. The zero-order valence-electron chi connectivity index (χ0n) is 16.4. The summed E-state index contributed by atoms with van der Waals surface area (Å²) >= 11 is 0. The van der Waals surface area contributed by atoms with Crippen LogP contribution in [0.5, 0.6) is 5.75 Å². The Morgan fingerprint density at radius 3 is 2.20 bits per heavy atom. The number of nitro benzene ring substituents is 1. The third-order valence-corrected chi connectivity index (χ3v) is 4.39. The van der Waals surface area contributed by atoms with Crippen molar-refractivity contribution >= 4 is 17.3 Å². The summed E-state index contributed by atoms with van der Waals surface area (Å²) in [5.74, 6) is -0.0489. The number of amides is 1. The number of carbonyl (C=O) groups excluding carboxylic acids is 1. The third kappa shape index (κ3) is 5.51. The number of hydrogen-bond donors (Lipinski definition) is 1. The molecule has 7 heteroatoms. The molecule has 152 valence electrons. The summed E-state index contributed by atoms with van der Waals surface area (Å²) in [5, 5.41) is 14.9. The Bertz CT molecular complexity index is 1030. The fraction of sp³-hybridized carbons (Fsp3) is 0.130. The minimum atomic E-state index is -0.496. The van der Waals surface area contributed by atoms with E-state index in [0.717, 1.165) is 22.4 Å². The Kier molecular flexibility index (Phi) is 6.89. The highest BCUT2D eigenvalue weighted by Gasteiger charge is 2.08. The SMILES string of the molecule is CCC(=NNC(=O)COc1ccc([N+](=O)[O-])cc1)c1ccc(-c2ccccc2)cc1. The van der Waals surface area contributed by atoms with Crippen molar-refractivity contribution in [1.82, 2.24) is 5.43 Å². The molecule has 7 nitrogen and oxygen atoms in total. The molecule has 1 amide bonds. The number of carbonyl (C=O) groups is 1. The van der Waals surface area contributed by atoms with E-state index in [4.69, 9.17) is 4.74 Å². The van der Waals surface area contributed by atoms with Gasteiger partial charge in [-0.05, 0) is 35.2 Å². The topological polar surface area (TPSA) is 93.8 Å². The molecule has 0 saturated heterocycles. The molecule has 3 rings (SSSR count). The van der Waals surface area contributed by atoms with E-state index in [2.05, 4.69) is 22.7 Å². The molecule has 0 spiro atoms. The van der Waals surface area contributed by atoms with Gasteiger partial charge in [0.05, 0.1) is 10.6 Å².